The van der Waals surface area contributed by atoms with Gasteiger partial charge in [-0.25, -0.2) is 0 Å². The van der Waals surface area contributed by atoms with Gasteiger partial charge in [0.1, 0.15) is 6.10 Å². The summed E-state index contributed by atoms with van der Waals surface area (Å²) in [6, 6.07) is 0. The van der Waals surface area contributed by atoms with Gasteiger partial charge in [-0.05, 0) is 6.92 Å². The van der Waals surface area contributed by atoms with E-state index in [0.717, 1.165) is 0 Å². The Morgan fingerprint density at radius 3 is 1.92 bits per heavy atom. The van der Waals surface area contributed by atoms with E-state index in [9.17, 15) is 4.79 Å². The molecule has 0 aromatic rings. The van der Waals surface area contributed by atoms with Gasteiger partial charge in [0, 0.05) is 5.92 Å². The van der Waals surface area contributed by atoms with Crippen LogP contribution < -0.4 is 0 Å². The van der Waals surface area contributed by atoms with E-state index < -0.39 is 8.07 Å². The highest BCUT2D eigenvalue weighted by molar-refractivity contribution is 6.80. The van der Waals surface area contributed by atoms with Gasteiger partial charge in [0.05, 0.1) is 13.6 Å². The van der Waals surface area contributed by atoms with E-state index in [0.29, 0.717) is 5.92 Å². The van der Waals surface area contributed by atoms with Crippen LogP contribution in [0.3, 0.4) is 0 Å². The molecule has 1 aliphatic heterocycles. The molecule has 1 saturated heterocycles. The zero-order valence-corrected chi connectivity index (χ0v) is 9.55. The third-order valence-corrected chi connectivity index (χ3v) is 5.38. The zero-order valence-electron chi connectivity index (χ0n) is 8.55. The van der Waals surface area contributed by atoms with Crippen LogP contribution in [0.1, 0.15) is 13.8 Å². The molecule has 1 fully saturated rings. The number of carbonyl (C=O) groups excluding carboxylic acids is 1. The van der Waals surface area contributed by atoms with Crippen molar-refractivity contribution in [2.24, 2.45) is 5.92 Å². The molecule has 0 aliphatic carbocycles. The number of hydrogen-bond donors (Lipinski definition) is 0. The largest absolute Gasteiger partial charge is 0.462 e. The molecule has 0 aromatic carbocycles. The number of ether oxygens (including phenoxy) is 1. The van der Waals surface area contributed by atoms with Gasteiger partial charge >= 0.3 is 5.97 Å². The van der Waals surface area contributed by atoms with Crippen LogP contribution in [0.15, 0.2) is 0 Å². The van der Waals surface area contributed by atoms with E-state index in [1.165, 1.54) is 0 Å². The SMILES string of the molecule is C[C@@H]1OC(=O)C([Si](C)(C)C)[C@H]1C. The fourth-order valence-electron chi connectivity index (χ4n) is 1.99. The van der Waals surface area contributed by atoms with Crippen molar-refractivity contribution in [2.75, 3.05) is 0 Å². The van der Waals surface area contributed by atoms with Crippen molar-refractivity contribution in [3.05, 3.63) is 0 Å². The van der Waals surface area contributed by atoms with E-state index in [4.69, 9.17) is 4.74 Å². The van der Waals surface area contributed by atoms with Crippen molar-refractivity contribution in [3.63, 3.8) is 0 Å². The topological polar surface area (TPSA) is 26.3 Å². The fourth-order valence-corrected chi connectivity index (χ4v) is 4.62. The molecule has 1 rings (SSSR count). The molecule has 3 heteroatoms. The summed E-state index contributed by atoms with van der Waals surface area (Å²) >= 11 is 0. The molecule has 70 valence electrons. The normalized spacial score (nSPS) is 36.8. The predicted molar refractivity (Wildman–Crippen MR) is 51.8 cm³/mol. The molecule has 1 unspecified atom stereocenters. The Morgan fingerprint density at radius 2 is 1.75 bits per heavy atom. The molecule has 0 bridgehead atoms. The lowest BCUT2D eigenvalue weighted by Crippen LogP contribution is -2.34. The maximum Gasteiger partial charge on any atom is 0.306 e. The summed E-state index contributed by atoms with van der Waals surface area (Å²) in [6.45, 7) is 10.8. The lowest BCUT2D eigenvalue weighted by atomic mass is 10.1. The van der Waals surface area contributed by atoms with Gasteiger partial charge in [-0.2, -0.15) is 0 Å². The summed E-state index contributed by atoms with van der Waals surface area (Å²) in [4.78, 5) is 11.5. The van der Waals surface area contributed by atoms with E-state index >= 15 is 0 Å². The molecular weight excluding hydrogens is 168 g/mol. The van der Waals surface area contributed by atoms with E-state index in [1.807, 2.05) is 6.92 Å². The summed E-state index contributed by atoms with van der Waals surface area (Å²) in [5.41, 5.74) is 0.201. The Kier molecular flexibility index (Phi) is 2.34. The number of cyclic esters (lactones) is 1. The summed E-state index contributed by atoms with van der Waals surface area (Å²) in [7, 11) is -1.37. The van der Waals surface area contributed by atoms with Crippen LogP contribution in [0.2, 0.25) is 25.2 Å². The van der Waals surface area contributed by atoms with E-state index in [-0.39, 0.29) is 17.6 Å². The highest BCUT2D eigenvalue weighted by Crippen LogP contribution is 2.39. The molecule has 1 heterocycles. The first-order valence-corrected chi connectivity index (χ1v) is 8.12. The Labute approximate surface area is 75.3 Å². The fraction of sp³-hybridized carbons (Fsp3) is 0.889. The van der Waals surface area contributed by atoms with E-state index in [1.54, 1.807) is 0 Å². The second-order valence-electron chi connectivity index (χ2n) is 4.84. The lowest BCUT2D eigenvalue weighted by molar-refractivity contribution is -0.140. The molecule has 2 nitrogen and oxygen atoms in total. The van der Waals surface area contributed by atoms with Crippen LogP contribution in [0, 0.1) is 5.92 Å². The maximum absolute atomic E-state index is 11.5. The Hall–Kier alpha value is -0.313. The predicted octanol–water partition coefficient (Wildman–Crippen LogP) is 2.28. The second kappa shape index (κ2) is 2.87. The third kappa shape index (κ3) is 1.55. The van der Waals surface area contributed by atoms with Crippen LogP contribution >= 0.6 is 0 Å². The first-order chi connectivity index (χ1) is 5.34. The molecule has 12 heavy (non-hydrogen) atoms. The van der Waals surface area contributed by atoms with E-state index in [2.05, 4.69) is 26.6 Å². The van der Waals surface area contributed by atoms with Crippen LogP contribution in [0.4, 0.5) is 0 Å². The maximum atomic E-state index is 11.5. The minimum absolute atomic E-state index is 0.0363. The standard InChI is InChI=1S/C9H18O2Si/c1-6-7(2)11-9(10)8(6)12(3,4)5/h6-8H,1-5H3/t6-,7-,8?/m0/s1. The van der Waals surface area contributed by atoms with Gasteiger partial charge in [0.15, 0.2) is 0 Å². The third-order valence-electron chi connectivity index (χ3n) is 2.76. The molecule has 0 N–H and O–H groups in total. The first kappa shape index (κ1) is 9.77. The highest BCUT2D eigenvalue weighted by atomic mass is 28.3. The smallest absolute Gasteiger partial charge is 0.306 e. The molecule has 0 aromatic heterocycles. The van der Waals surface area contributed by atoms with Crippen molar-refractivity contribution >= 4 is 14.0 Å². The summed E-state index contributed by atoms with van der Waals surface area (Å²) in [6.07, 6.45) is 0.120. The van der Waals surface area contributed by atoms with Crippen LogP contribution in [-0.4, -0.2) is 20.1 Å². The summed E-state index contributed by atoms with van der Waals surface area (Å²) < 4.78 is 5.21. The molecular formula is C9H18O2Si. The van der Waals surface area contributed by atoms with Crippen molar-refractivity contribution < 1.29 is 9.53 Å². The lowest BCUT2D eigenvalue weighted by Gasteiger charge is -2.24. The highest BCUT2D eigenvalue weighted by Gasteiger charge is 2.46. The van der Waals surface area contributed by atoms with Gasteiger partial charge in [-0.15, -0.1) is 0 Å². The monoisotopic (exact) mass is 186 g/mol. The molecule has 3 atom stereocenters. The molecule has 0 saturated carbocycles. The molecule has 1 aliphatic rings. The van der Waals surface area contributed by atoms with Gasteiger partial charge < -0.3 is 4.74 Å². The van der Waals surface area contributed by atoms with Crippen molar-refractivity contribution in [1.29, 1.82) is 0 Å². The Morgan fingerprint density at radius 1 is 1.25 bits per heavy atom. The summed E-state index contributed by atoms with van der Waals surface area (Å²) in [5.74, 6) is 0.443. The van der Waals surface area contributed by atoms with Gasteiger partial charge in [0.25, 0.3) is 0 Å². The minimum atomic E-state index is -1.37. The average Bonchev–Trinajstić information content (AvgIpc) is 2.05. The van der Waals surface area contributed by atoms with Crippen LogP contribution in [0.5, 0.6) is 0 Å². The van der Waals surface area contributed by atoms with Crippen molar-refractivity contribution in [1.82, 2.24) is 0 Å². The zero-order chi connectivity index (χ0) is 9.52. The van der Waals surface area contributed by atoms with Gasteiger partial charge in [0.2, 0.25) is 0 Å². The number of hydrogen-bond acceptors (Lipinski definition) is 2. The van der Waals surface area contributed by atoms with Crippen LogP contribution in [0.25, 0.3) is 0 Å². The quantitative estimate of drug-likeness (QED) is 0.464. The second-order valence-corrected chi connectivity index (χ2v) is 10.2. The van der Waals surface area contributed by atoms with Crippen molar-refractivity contribution in [2.45, 2.75) is 45.1 Å². The van der Waals surface area contributed by atoms with Gasteiger partial charge in [-0.3, -0.25) is 4.79 Å². The Bertz CT molecular complexity index is 195. The van der Waals surface area contributed by atoms with Crippen LogP contribution in [-0.2, 0) is 9.53 Å². The number of carbonyl (C=O) groups is 1. The van der Waals surface area contributed by atoms with Crippen molar-refractivity contribution in [3.8, 4) is 0 Å². The average molecular weight is 186 g/mol. The molecule has 0 amide bonds. The summed E-state index contributed by atoms with van der Waals surface area (Å²) in [5, 5.41) is 0. The van der Waals surface area contributed by atoms with Gasteiger partial charge in [-0.1, -0.05) is 26.6 Å². The minimum Gasteiger partial charge on any atom is -0.462 e. The Balaban J connectivity index is 2.84. The number of rotatable bonds is 1. The molecule has 0 radical (unpaired) electrons. The molecule has 0 spiro atoms. The number of esters is 1. The first-order valence-electron chi connectivity index (χ1n) is 4.54.